The van der Waals surface area contributed by atoms with E-state index in [-0.39, 0.29) is 11.9 Å². The molecule has 0 bridgehead atoms. The van der Waals surface area contributed by atoms with Crippen LogP contribution in [0.25, 0.3) is 0 Å². The summed E-state index contributed by atoms with van der Waals surface area (Å²) in [5.41, 5.74) is 0.725. The summed E-state index contributed by atoms with van der Waals surface area (Å²) in [7, 11) is 0. The number of aryl methyl sites for hydroxylation is 1. The largest absolute Gasteiger partial charge is 0.347 e. The fourth-order valence-corrected chi connectivity index (χ4v) is 3.09. The van der Waals surface area contributed by atoms with Crippen molar-refractivity contribution in [3.63, 3.8) is 0 Å². The molecule has 1 aromatic rings. The van der Waals surface area contributed by atoms with E-state index in [4.69, 9.17) is 0 Å². The Kier molecular flexibility index (Phi) is 5.05. The van der Waals surface area contributed by atoms with Crippen LogP contribution in [-0.4, -0.2) is 41.1 Å². The summed E-state index contributed by atoms with van der Waals surface area (Å²) in [4.78, 5) is 14.7. The molecule has 4 nitrogen and oxygen atoms in total. The van der Waals surface area contributed by atoms with E-state index < -0.39 is 0 Å². The molecule has 106 valence electrons. The van der Waals surface area contributed by atoms with Crippen LogP contribution in [-0.2, 0) is 6.54 Å². The van der Waals surface area contributed by atoms with Crippen LogP contribution in [0.1, 0.15) is 37.2 Å². The first-order chi connectivity index (χ1) is 9.10. The number of nitrogens with one attached hydrogen (secondary N) is 1. The highest BCUT2D eigenvalue weighted by molar-refractivity contribution is 9.10. The van der Waals surface area contributed by atoms with Gasteiger partial charge in [0.05, 0.1) is 0 Å². The predicted molar refractivity (Wildman–Crippen MR) is 80.4 cm³/mol. The van der Waals surface area contributed by atoms with Crippen molar-refractivity contribution < 1.29 is 4.79 Å². The van der Waals surface area contributed by atoms with Gasteiger partial charge in [0.2, 0.25) is 0 Å². The van der Waals surface area contributed by atoms with Crippen LogP contribution in [0, 0.1) is 0 Å². The maximum Gasteiger partial charge on any atom is 0.268 e. The fourth-order valence-electron chi connectivity index (χ4n) is 2.62. The molecule has 1 unspecified atom stereocenters. The summed E-state index contributed by atoms with van der Waals surface area (Å²) < 4.78 is 2.91. The van der Waals surface area contributed by atoms with E-state index in [0.29, 0.717) is 0 Å². The Morgan fingerprint density at radius 2 is 2.16 bits per heavy atom. The van der Waals surface area contributed by atoms with Crippen LogP contribution in [0.2, 0.25) is 0 Å². The molecule has 5 heteroatoms. The van der Waals surface area contributed by atoms with Gasteiger partial charge in [-0.25, -0.2) is 0 Å². The van der Waals surface area contributed by atoms with Crippen molar-refractivity contribution in [3.8, 4) is 0 Å². The van der Waals surface area contributed by atoms with Crippen LogP contribution < -0.4 is 5.32 Å². The number of nitrogens with zero attached hydrogens (tertiary/aromatic N) is 2. The van der Waals surface area contributed by atoms with Crippen molar-refractivity contribution in [2.45, 2.75) is 39.3 Å². The minimum absolute atomic E-state index is 0.0132. The Morgan fingerprint density at radius 3 is 2.79 bits per heavy atom. The molecule has 0 radical (unpaired) electrons. The number of halogens is 1. The second kappa shape index (κ2) is 6.57. The topological polar surface area (TPSA) is 37.3 Å². The zero-order chi connectivity index (χ0) is 13.8. The van der Waals surface area contributed by atoms with Crippen molar-refractivity contribution in [1.29, 1.82) is 0 Å². The molecule has 1 aliphatic heterocycles. The van der Waals surface area contributed by atoms with Gasteiger partial charge >= 0.3 is 0 Å². The summed E-state index contributed by atoms with van der Waals surface area (Å²) in [6.07, 6.45) is 4.51. The summed E-state index contributed by atoms with van der Waals surface area (Å²) in [6.45, 7) is 8.18. The number of hydrogen-bond acceptors (Lipinski definition) is 2. The Hall–Kier alpha value is -0.810. The van der Waals surface area contributed by atoms with Crippen molar-refractivity contribution in [1.82, 2.24) is 14.8 Å². The Morgan fingerprint density at radius 1 is 1.47 bits per heavy atom. The molecule has 1 atom stereocenters. The van der Waals surface area contributed by atoms with Gasteiger partial charge in [-0.2, -0.15) is 0 Å². The molecule has 19 heavy (non-hydrogen) atoms. The molecule has 2 heterocycles. The van der Waals surface area contributed by atoms with Gasteiger partial charge in [0.25, 0.3) is 5.91 Å². The monoisotopic (exact) mass is 327 g/mol. The van der Waals surface area contributed by atoms with Gasteiger partial charge in [-0.3, -0.25) is 4.79 Å². The highest BCUT2D eigenvalue weighted by Gasteiger charge is 2.18. The molecular formula is C14H22BrN3O. The Labute approximate surface area is 123 Å². The zero-order valence-electron chi connectivity index (χ0n) is 11.7. The molecule has 1 fully saturated rings. The van der Waals surface area contributed by atoms with E-state index in [1.54, 1.807) is 0 Å². The molecule has 2 rings (SSSR count). The predicted octanol–water partition coefficient (Wildman–Crippen LogP) is 2.48. The lowest BCUT2D eigenvalue weighted by atomic mass is 10.3. The maximum absolute atomic E-state index is 12.3. The van der Waals surface area contributed by atoms with Crippen LogP contribution in [0.15, 0.2) is 16.7 Å². The Balaban J connectivity index is 1.92. The molecule has 0 saturated carbocycles. The zero-order valence-corrected chi connectivity index (χ0v) is 13.2. The summed E-state index contributed by atoms with van der Waals surface area (Å²) in [6, 6.07) is 2.06. The number of amides is 1. The lowest BCUT2D eigenvalue weighted by Crippen LogP contribution is -2.41. The third kappa shape index (κ3) is 3.83. The maximum atomic E-state index is 12.3. The van der Waals surface area contributed by atoms with E-state index in [0.717, 1.165) is 36.3 Å². The van der Waals surface area contributed by atoms with Crippen LogP contribution in [0.4, 0.5) is 0 Å². The molecule has 0 aromatic carbocycles. The summed E-state index contributed by atoms with van der Waals surface area (Å²) in [5.74, 6) is 0.0132. The van der Waals surface area contributed by atoms with Crippen molar-refractivity contribution in [3.05, 3.63) is 22.4 Å². The SMILES string of the molecule is CCn1cc(Br)cc1C(=O)NC(C)CN1CCCC1. The lowest BCUT2D eigenvalue weighted by molar-refractivity contribution is 0.0922. The molecular weight excluding hydrogens is 306 g/mol. The molecule has 1 N–H and O–H groups in total. The quantitative estimate of drug-likeness (QED) is 0.902. The van der Waals surface area contributed by atoms with Crippen molar-refractivity contribution in [2.24, 2.45) is 0 Å². The number of carbonyl (C=O) groups is 1. The van der Waals surface area contributed by atoms with Crippen molar-refractivity contribution in [2.75, 3.05) is 19.6 Å². The first-order valence-corrected chi connectivity index (χ1v) is 7.78. The number of aromatic nitrogens is 1. The third-order valence-corrected chi connectivity index (χ3v) is 3.98. The number of likely N-dealkylation sites (tertiary alicyclic amines) is 1. The van der Waals surface area contributed by atoms with Gasteiger partial charge in [0, 0.05) is 29.8 Å². The van der Waals surface area contributed by atoms with Gasteiger partial charge in [-0.15, -0.1) is 0 Å². The smallest absolute Gasteiger partial charge is 0.268 e. The van der Waals surface area contributed by atoms with Crippen LogP contribution in [0.3, 0.4) is 0 Å². The van der Waals surface area contributed by atoms with Gasteiger partial charge in [-0.1, -0.05) is 0 Å². The number of hydrogen-bond donors (Lipinski definition) is 1. The first-order valence-electron chi connectivity index (χ1n) is 6.99. The molecule has 1 saturated heterocycles. The molecule has 0 aliphatic carbocycles. The lowest BCUT2D eigenvalue weighted by Gasteiger charge is -2.21. The first kappa shape index (κ1) is 14.6. The molecule has 1 amide bonds. The van der Waals surface area contributed by atoms with Gasteiger partial charge in [0.1, 0.15) is 5.69 Å². The minimum atomic E-state index is 0.0132. The fraction of sp³-hybridized carbons (Fsp3) is 0.643. The highest BCUT2D eigenvalue weighted by Crippen LogP contribution is 2.15. The Bertz CT molecular complexity index is 438. The van der Waals surface area contributed by atoms with E-state index >= 15 is 0 Å². The molecule has 0 spiro atoms. The number of rotatable bonds is 5. The van der Waals surface area contributed by atoms with Gasteiger partial charge < -0.3 is 14.8 Å². The summed E-state index contributed by atoms with van der Waals surface area (Å²) >= 11 is 3.42. The van der Waals surface area contributed by atoms with Crippen LogP contribution in [0.5, 0.6) is 0 Å². The highest BCUT2D eigenvalue weighted by atomic mass is 79.9. The normalized spacial score (nSPS) is 17.6. The second-order valence-electron chi connectivity index (χ2n) is 5.21. The van der Waals surface area contributed by atoms with E-state index in [2.05, 4.69) is 33.1 Å². The second-order valence-corrected chi connectivity index (χ2v) is 6.13. The average molecular weight is 328 g/mol. The third-order valence-electron chi connectivity index (χ3n) is 3.54. The van der Waals surface area contributed by atoms with Crippen LogP contribution >= 0.6 is 15.9 Å². The number of carbonyl (C=O) groups excluding carboxylic acids is 1. The molecule has 1 aliphatic rings. The standard InChI is InChI=1S/C14H22BrN3O/c1-3-18-10-12(15)8-13(18)14(19)16-11(2)9-17-6-4-5-7-17/h8,10-11H,3-7,9H2,1-2H3,(H,16,19). The van der Waals surface area contributed by atoms with Crippen molar-refractivity contribution >= 4 is 21.8 Å². The summed E-state index contributed by atoms with van der Waals surface area (Å²) in [5, 5.41) is 3.09. The van der Waals surface area contributed by atoms with E-state index in [1.165, 1.54) is 12.8 Å². The average Bonchev–Trinajstić information content (AvgIpc) is 2.97. The van der Waals surface area contributed by atoms with E-state index in [1.807, 2.05) is 23.8 Å². The molecule has 1 aromatic heterocycles. The minimum Gasteiger partial charge on any atom is -0.347 e. The van der Waals surface area contributed by atoms with Gasteiger partial charge in [0.15, 0.2) is 0 Å². The van der Waals surface area contributed by atoms with Gasteiger partial charge in [-0.05, 0) is 61.8 Å². The van der Waals surface area contributed by atoms with E-state index in [9.17, 15) is 4.79 Å².